The molecule has 418 valence electrons. The second-order valence-corrected chi connectivity index (χ2v) is 29.5. The molecule has 0 aromatic heterocycles. The summed E-state index contributed by atoms with van der Waals surface area (Å²) in [5, 5.41) is 40.1. The molecule has 0 amide bonds. The van der Waals surface area contributed by atoms with Crippen molar-refractivity contribution in [3.63, 3.8) is 0 Å². The second-order valence-electron chi connectivity index (χ2n) is 29.5. The number of hydrogen-bond acceptors (Lipinski definition) is 4. The van der Waals surface area contributed by atoms with Crippen LogP contribution in [-0.2, 0) is 43.3 Å². The van der Waals surface area contributed by atoms with Gasteiger partial charge in [-0.05, 0) is 173 Å². The molecule has 0 saturated heterocycles. The summed E-state index contributed by atoms with van der Waals surface area (Å²) >= 11 is 0. The van der Waals surface area contributed by atoms with Gasteiger partial charge in [-0.25, -0.2) is 0 Å². The molecule has 0 heterocycles. The van der Waals surface area contributed by atoms with Crippen molar-refractivity contribution < 1.29 is 20.4 Å². The van der Waals surface area contributed by atoms with Crippen molar-refractivity contribution in [3.05, 3.63) is 176 Å². The molecule has 6 aromatic carbocycles. The molecular formula is C72H106O4. The Morgan fingerprint density at radius 1 is 0.211 bits per heavy atom. The number of aryl methyl sites for hydroxylation is 4. The molecule has 4 heteroatoms. The first-order chi connectivity index (χ1) is 34.1. The molecule has 0 bridgehead atoms. The SMILES string of the molecule is Cc1cc(O)c(C(C)(C)C)cc1C(C)(C)C.Cc1cc(O)c(C(C)(C)C)cc1C(C)(C)C.Cc1cc(O)c(C(C)(C)C)cc1C(C)(C)C.Cc1cc(O)c(C(C)(C)C)cc1C(C)(C)C.c1ccc(-c2ccccc2)cc1. The Hall–Kier alpha value is -5.48. The number of aromatic hydroxyl groups is 4. The van der Waals surface area contributed by atoms with E-state index in [1.165, 1.54) is 33.4 Å². The lowest BCUT2D eigenvalue weighted by atomic mass is 9.78. The molecular weight excluding hydrogens is 929 g/mol. The summed E-state index contributed by atoms with van der Waals surface area (Å²) in [6.07, 6.45) is 0. The average Bonchev–Trinajstić information content (AvgIpc) is 3.21. The van der Waals surface area contributed by atoms with E-state index in [2.05, 4.69) is 267 Å². The quantitative estimate of drug-likeness (QED) is 0.132. The van der Waals surface area contributed by atoms with Crippen LogP contribution in [-0.4, -0.2) is 20.4 Å². The van der Waals surface area contributed by atoms with Crippen LogP contribution >= 0.6 is 0 Å². The van der Waals surface area contributed by atoms with Crippen LogP contribution in [0.25, 0.3) is 11.1 Å². The molecule has 6 rings (SSSR count). The Kier molecular flexibility index (Phi) is 21.8. The Labute approximate surface area is 465 Å². The summed E-state index contributed by atoms with van der Waals surface area (Å²) in [6, 6.07) is 37.0. The van der Waals surface area contributed by atoms with Gasteiger partial charge in [-0.2, -0.15) is 0 Å². The van der Waals surface area contributed by atoms with E-state index in [0.29, 0.717) is 23.0 Å². The van der Waals surface area contributed by atoms with Crippen LogP contribution in [0.2, 0.25) is 0 Å². The minimum Gasteiger partial charge on any atom is -0.508 e. The van der Waals surface area contributed by atoms with Gasteiger partial charge >= 0.3 is 0 Å². The predicted molar refractivity (Wildman–Crippen MR) is 333 cm³/mol. The van der Waals surface area contributed by atoms with Crippen molar-refractivity contribution in [1.29, 1.82) is 0 Å². The molecule has 6 aromatic rings. The van der Waals surface area contributed by atoms with E-state index < -0.39 is 0 Å². The normalized spacial score (nSPS) is 12.4. The molecule has 0 aliphatic heterocycles. The van der Waals surface area contributed by atoms with Crippen molar-refractivity contribution in [3.8, 4) is 34.1 Å². The Morgan fingerprint density at radius 3 is 0.487 bits per heavy atom. The van der Waals surface area contributed by atoms with Crippen LogP contribution in [0.15, 0.2) is 109 Å². The molecule has 76 heavy (non-hydrogen) atoms. The first-order valence-electron chi connectivity index (χ1n) is 27.6. The minimum absolute atomic E-state index is 0.0161. The van der Waals surface area contributed by atoms with Gasteiger partial charge in [0.2, 0.25) is 0 Å². The molecule has 0 saturated carbocycles. The average molecular weight is 1040 g/mol. The Bertz CT molecular complexity index is 2310. The minimum atomic E-state index is -0.0161. The van der Waals surface area contributed by atoms with Gasteiger partial charge in [-0.1, -0.05) is 251 Å². The number of phenols is 4. The van der Waals surface area contributed by atoms with Gasteiger partial charge in [0.1, 0.15) is 23.0 Å². The zero-order valence-electron chi connectivity index (χ0n) is 53.2. The van der Waals surface area contributed by atoms with E-state index in [9.17, 15) is 20.4 Å². The lowest BCUT2D eigenvalue weighted by Gasteiger charge is -2.27. The Balaban J connectivity index is 0.000000326. The van der Waals surface area contributed by atoms with E-state index in [0.717, 1.165) is 44.5 Å². The van der Waals surface area contributed by atoms with Crippen molar-refractivity contribution in [2.75, 3.05) is 0 Å². The molecule has 4 nitrogen and oxygen atoms in total. The highest BCUT2D eigenvalue weighted by Crippen LogP contribution is 2.41. The first kappa shape index (κ1) is 66.6. The van der Waals surface area contributed by atoms with Gasteiger partial charge in [-0.15, -0.1) is 0 Å². The van der Waals surface area contributed by atoms with E-state index in [4.69, 9.17) is 0 Å². The van der Waals surface area contributed by atoms with Crippen LogP contribution in [0, 0.1) is 27.7 Å². The molecule has 0 atom stereocenters. The van der Waals surface area contributed by atoms with Crippen molar-refractivity contribution in [2.24, 2.45) is 0 Å². The second kappa shape index (κ2) is 24.9. The first-order valence-corrected chi connectivity index (χ1v) is 27.6. The predicted octanol–water partition coefficient (Wildman–Crippen LogP) is 20.5. The maximum Gasteiger partial charge on any atom is 0.119 e. The molecule has 0 aliphatic carbocycles. The summed E-state index contributed by atoms with van der Waals surface area (Å²) in [5.74, 6) is 1.66. The van der Waals surface area contributed by atoms with Crippen molar-refractivity contribution in [2.45, 2.75) is 237 Å². The zero-order chi connectivity index (χ0) is 59.1. The van der Waals surface area contributed by atoms with E-state index in [1.807, 2.05) is 36.4 Å². The fraction of sp³-hybridized carbons (Fsp3) is 0.500. The summed E-state index contributed by atoms with van der Waals surface area (Å²) < 4.78 is 0. The third-order valence-corrected chi connectivity index (χ3v) is 13.7. The summed E-state index contributed by atoms with van der Waals surface area (Å²) in [5.41, 5.74) is 17.0. The van der Waals surface area contributed by atoms with Gasteiger partial charge in [0.25, 0.3) is 0 Å². The van der Waals surface area contributed by atoms with Crippen molar-refractivity contribution >= 4 is 0 Å². The van der Waals surface area contributed by atoms with Gasteiger partial charge in [0.15, 0.2) is 0 Å². The van der Waals surface area contributed by atoms with Crippen molar-refractivity contribution in [1.82, 2.24) is 0 Å². The van der Waals surface area contributed by atoms with Crippen LogP contribution in [0.1, 0.15) is 233 Å². The topological polar surface area (TPSA) is 80.9 Å². The molecule has 0 fully saturated rings. The van der Waals surface area contributed by atoms with E-state index in [1.54, 1.807) is 0 Å². The third-order valence-electron chi connectivity index (χ3n) is 13.7. The van der Waals surface area contributed by atoms with E-state index >= 15 is 0 Å². The fourth-order valence-corrected chi connectivity index (χ4v) is 9.67. The standard InChI is InChI=1S/4C15H24O.C12H10/c4*1-10-8-13(16)12(15(5,6)7)9-11(10)14(2,3)4;1-3-7-11(8-4-1)12-9-5-2-6-10-12/h4*8-9,16H,1-7H3;1-10H. The van der Waals surface area contributed by atoms with Crippen LogP contribution in [0.4, 0.5) is 0 Å². The molecule has 0 unspecified atom stereocenters. The molecule has 4 N–H and O–H groups in total. The van der Waals surface area contributed by atoms with Gasteiger partial charge in [0.05, 0.1) is 0 Å². The number of benzene rings is 6. The molecule has 0 aliphatic rings. The van der Waals surface area contributed by atoms with Crippen LogP contribution in [0.3, 0.4) is 0 Å². The summed E-state index contributed by atoms with van der Waals surface area (Å²) in [6.45, 7) is 60.3. The highest BCUT2D eigenvalue weighted by atomic mass is 16.3. The van der Waals surface area contributed by atoms with Crippen LogP contribution in [0.5, 0.6) is 23.0 Å². The fourth-order valence-electron chi connectivity index (χ4n) is 9.67. The number of rotatable bonds is 1. The smallest absolute Gasteiger partial charge is 0.119 e. The van der Waals surface area contributed by atoms with E-state index in [-0.39, 0.29) is 43.3 Å². The lowest BCUT2D eigenvalue weighted by molar-refractivity contribution is 0.443. The third kappa shape index (κ3) is 19.5. The number of hydrogen-bond donors (Lipinski definition) is 4. The molecule has 0 spiro atoms. The summed E-state index contributed by atoms with van der Waals surface area (Å²) in [7, 11) is 0. The zero-order valence-corrected chi connectivity index (χ0v) is 53.2. The monoisotopic (exact) mass is 1030 g/mol. The van der Waals surface area contributed by atoms with Crippen LogP contribution < -0.4 is 0 Å². The van der Waals surface area contributed by atoms with Gasteiger partial charge < -0.3 is 20.4 Å². The largest absolute Gasteiger partial charge is 0.508 e. The summed E-state index contributed by atoms with van der Waals surface area (Å²) in [4.78, 5) is 0. The maximum atomic E-state index is 10.0. The van der Waals surface area contributed by atoms with Gasteiger partial charge in [-0.3, -0.25) is 0 Å². The maximum absolute atomic E-state index is 10.0. The van der Waals surface area contributed by atoms with Gasteiger partial charge in [0, 0.05) is 0 Å². The number of phenolic OH excluding ortho intramolecular Hbond substituents is 4. The molecule has 0 radical (unpaired) electrons. The highest BCUT2D eigenvalue weighted by molar-refractivity contribution is 5.62. The highest BCUT2D eigenvalue weighted by Gasteiger charge is 2.28. The lowest BCUT2D eigenvalue weighted by Crippen LogP contribution is -2.17. The Morgan fingerprint density at radius 2 is 0.355 bits per heavy atom.